The minimum Gasteiger partial charge on any atom is -0.477 e. The van der Waals surface area contributed by atoms with Gasteiger partial charge in [0, 0.05) is 10.7 Å². The highest BCUT2D eigenvalue weighted by molar-refractivity contribution is 9.10. The van der Waals surface area contributed by atoms with E-state index in [0.29, 0.717) is 10.8 Å². The lowest BCUT2D eigenvalue weighted by molar-refractivity contribution is 0.0689. The molecule has 0 radical (unpaired) electrons. The van der Waals surface area contributed by atoms with Gasteiger partial charge in [-0.15, -0.1) is 0 Å². The molecule has 0 aliphatic rings. The number of nitrogens with zero attached hydrogens (tertiary/aromatic N) is 2. The van der Waals surface area contributed by atoms with E-state index in [1.165, 1.54) is 12.3 Å². The van der Waals surface area contributed by atoms with Gasteiger partial charge in [-0.25, -0.2) is 9.78 Å². The number of aromatic carboxylic acids is 1. The third kappa shape index (κ3) is 2.96. The standard InChI is InChI=1S/C11H6BrClN2O3/c12-6-1-2-9(7(13)5-6)18-11-14-4-3-8(15-11)10(16)17/h1-5H,(H,16,17). The van der Waals surface area contributed by atoms with Crippen LogP contribution in [0.15, 0.2) is 34.9 Å². The van der Waals surface area contributed by atoms with Gasteiger partial charge in [0.15, 0.2) is 5.69 Å². The monoisotopic (exact) mass is 328 g/mol. The first-order chi connectivity index (χ1) is 8.56. The molecule has 0 saturated heterocycles. The number of carboxylic acid groups (broad SMARTS) is 1. The third-order valence-electron chi connectivity index (χ3n) is 1.95. The zero-order valence-electron chi connectivity index (χ0n) is 8.80. The summed E-state index contributed by atoms with van der Waals surface area (Å²) in [6, 6.07) is 6.22. The lowest BCUT2D eigenvalue weighted by Crippen LogP contribution is -2.02. The quantitative estimate of drug-likeness (QED) is 0.934. The summed E-state index contributed by atoms with van der Waals surface area (Å²) in [5.74, 6) is -0.799. The van der Waals surface area contributed by atoms with E-state index in [1.54, 1.807) is 18.2 Å². The number of aromatic nitrogens is 2. The third-order valence-corrected chi connectivity index (χ3v) is 2.74. The van der Waals surface area contributed by atoms with E-state index in [9.17, 15) is 4.79 Å². The van der Waals surface area contributed by atoms with Gasteiger partial charge in [0.1, 0.15) is 5.75 Å². The van der Waals surface area contributed by atoms with Crippen molar-refractivity contribution in [2.24, 2.45) is 0 Å². The van der Waals surface area contributed by atoms with E-state index in [-0.39, 0.29) is 11.7 Å². The molecule has 1 aromatic carbocycles. The summed E-state index contributed by atoms with van der Waals surface area (Å²) < 4.78 is 6.12. The van der Waals surface area contributed by atoms with E-state index in [0.717, 1.165) is 4.47 Å². The Morgan fingerprint density at radius 1 is 1.39 bits per heavy atom. The normalized spacial score (nSPS) is 10.1. The molecular weight excluding hydrogens is 323 g/mol. The molecule has 0 spiro atoms. The molecule has 2 aromatic rings. The molecule has 0 amide bonds. The topological polar surface area (TPSA) is 72.3 Å². The van der Waals surface area contributed by atoms with Crippen molar-refractivity contribution in [2.45, 2.75) is 0 Å². The van der Waals surface area contributed by atoms with Crippen molar-refractivity contribution in [1.82, 2.24) is 9.97 Å². The predicted molar refractivity (Wildman–Crippen MR) is 68.2 cm³/mol. The minimum atomic E-state index is -1.15. The Morgan fingerprint density at radius 2 is 2.17 bits per heavy atom. The van der Waals surface area contributed by atoms with Gasteiger partial charge in [0.05, 0.1) is 5.02 Å². The van der Waals surface area contributed by atoms with Gasteiger partial charge >= 0.3 is 12.0 Å². The molecule has 2 rings (SSSR count). The molecule has 5 nitrogen and oxygen atoms in total. The van der Waals surface area contributed by atoms with Crippen molar-refractivity contribution >= 4 is 33.5 Å². The lowest BCUT2D eigenvalue weighted by Gasteiger charge is -2.06. The van der Waals surface area contributed by atoms with Gasteiger partial charge in [-0.05, 0) is 24.3 Å². The van der Waals surface area contributed by atoms with Crippen LogP contribution in [-0.4, -0.2) is 21.0 Å². The van der Waals surface area contributed by atoms with Crippen LogP contribution in [0.2, 0.25) is 5.02 Å². The van der Waals surface area contributed by atoms with Crippen molar-refractivity contribution in [2.75, 3.05) is 0 Å². The molecule has 1 aromatic heterocycles. The first-order valence-electron chi connectivity index (χ1n) is 4.75. The number of hydrogen-bond donors (Lipinski definition) is 1. The van der Waals surface area contributed by atoms with Gasteiger partial charge in [0.25, 0.3) is 0 Å². The summed E-state index contributed by atoms with van der Waals surface area (Å²) in [7, 11) is 0. The zero-order valence-corrected chi connectivity index (χ0v) is 11.1. The smallest absolute Gasteiger partial charge is 0.354 e. The number of rotatable bonds is 3. The lowest BCUT2D eigenvalue weighted by atomic mass is 10.3. The average molecular weight is 330 g/mol. The second-order valence-electron chi connectivity index (χ2n) is 3.21. The van der Waals surface area contributed by atoms with Crippen LogP contribution in [0.4, 0.5) is 0 Å². The second-order valence-corrected chi connectivity index (χ2v) is 4.53. The van der Waals surface area contributed by atoms with Gasteiger partial charge in [-0.3, -0.25) is 0 Å². The molecule has 0 atom stereocenters. The van der Waals surface area contributed by atoms with Crippen LogP contribution < -0.4 is 4.74 Å². The van der Waals surface area contributed by atoms with Crippen LogP contribution in [0, 0.1) is 0 Å². The Hall–Kier alpha value is -1.66. The fourth-order valence-electron chi connectivity index (χ4n) is 1.17. The summed E-state index contributed by atoms with van der Waals surface area (Å²) in [6.45, 7) is 0. The molecule has 7 heteroatoms. The van der Waals surface area contributed by atoms with Crippen molar-refractivity contribution in [3.63, 3.8) is 0 Å². The van der Waals surface area contributed by atoms with E-state index >= 15 is 0 Å². The molecule has 1 heterocycles. The Labute approximate surface area is 116 Å². The summed E-state index contributed by atoms with van der Waals surface area (Å²) in [5.41, 5.74) is -0.145. The van der Waals surface area contributed by atoms with Gasteiger partial charge in [-0.1, -0.05) is 27.5 Å². The Kier molecular flexibility index (Phi) is 3.78. The van der Waals surface area contributed by atoms with Gasteiger partial charge in [0.2, 0.25) is 0 Å². The fourth-order valence-corrected chi connectivity index (χ4v) is 1.88. The maximum Gasteiger partial charge on any atom is 0.354 e. The van der Waals surface area contributed by atoms with Crippen LogP contribution in [0.5, 0.6) is 11.8 Å². The van der Waals surface area contributed by atoms with Crippen LogP contribution in [0.1, 0.15) is 10.5 Å². The van der Waals surface area contributed by atoms with Crippen molar-refractivity contribution in [3.05, 3.63) is 45.7 Å². The predicted octanol–water partition coefficient (Wildman–Crippen LogP) is 3.38. The summed E-state index contributed by atoms with van der Waals surface area (Å²) in [6.07, 6.45) is 1.30. The average Bonchev–Trinajstić information content (AvgIpc) is 2.33. The maximum atomic E-state index is 10.7. The van der Waals surface area contributed by atoms with Crippen LogP contribution in [-0.2, 0) is 0 Å². The first-order valence-corrected chi connectivity index (χ1v) is 5.92. The minimum absolute atomic E-state index is 0.0703. The fraction of sp³-hybridized carbons (Fsp3) is 0. The van der Waals surface area contributed by atoms with Crippen LogP contribution in [0.25, 0.3) is 0 Å². The molecule has 0 saturated carbocycles. The number of halogens is 2. The highest BCUT2D eigenvalue weighted by atomic mass is 79.9. The Morgan fingerprint density at radius 3 is 2.83 bits per heavy atom. The number of hydrogen-bond acceptors (Lipinski definition) is 4. The second kappa shape index (κ2) is 5.32. The molecule has 0 unspecified atom stereocenters. The molecule has 0 aliphatic carbocycles. The van der Waals surface area contributed by atoms with Crippen LogP contribution in [0.3, 0.4) is 0 Å². The number of ether oxygens (including phenoxy) is 1. The number of benzene rings is 1. The van der Waals surface area contributed by atoms with Gasteiger partial charge < -0.3 is 9.84 Å². The summed E-state index contributed by atoms with van der Waals surface area (Å²) in [5, 5.41) is 9.16. The molecule has 0 bridgehead atoms. The highest BCUT2D eigenvalue weighted by Crippen LogP contribution is 2.30. The summed E-state index contributed by atoms with van der Waals surface area (Å²) >= 11 is 9.22. The molecule has 0 fully saturated rings. The van der Waals surface area contributed by atoms with Crippen molar-refractivity contribution in [3.8, 4) is 11.8 Å². The highest BCUT2D eigenvalue weighted by Gasteiger charge is 2.09. The largest absolute Gasteiger partial charge is 0.477 e. The van der Waals surface area contributed by atoms with Crippen LogP contribution >= 0.6 is 27.5 Å². The summed E-state index contributed by atoms with van der Waals surface area (Å²) in [4.78, 5) is 18.3. The van der Waals surface area contributed by atoms with Crippen molar-refractivity contribution in [1.29, 1.82) is 0 Å². The van der Waals surface area contributed by atoms with E-state index < -0.39 is 5.97 Å². The number of carboxylic acids is 1. The number of carbonyl (C=O) groups is 1. The maximum absolute atomic E-state index is 10.7. The Bertz CT molecular complexity index is 607. The Balaban J connectivity index is 2.28. The van der Waals surface area contributed by atoms with E-state index in [4.69, 9.17) is 21.4 Å². The molecule has 0 aliphatic heterocycles. The molecule has 1 N–H and O–H groups in total. The first kappa shape index (κ1) is 12.8. The van der Waals surface area contributed by atoms with Gasteiger partial charge in [-0.2, -0.15) is 4.98 Å². The molecule has 18 heavy (non-hydrogen) atoms. The van der Waals surface area contributed by atoms with E-state index in [2.05, 4.69) is 25.9 Å². The molecular formula is C11H6BrClN2O3. The zero-order chi connectivity index (χ0) is 13.1. The SMILES string of the molecule is O=C(O)c1ccnc(Oc2ccc(Br)cc2Cl)n1. The van der Waals surface area contributed by atoms with Crippen molar-refractivity contribution < 1.29 is 14.6 Å². The molecule has 92 valence electrons. The van der Waals surface area contributed by atoms with E-state index in [1.807, 2.05) is 0 Å².